The fourth-order valence-corrected chi connectivity index (χ4v) is 3.60. The van der Waals surface area contributed by atoms with Crippen molar-refractivity contribution in [2.75, 3.05) is 6.61 Å². The molecule has 0 fully saturated rings. The second-order valence-corrected chi connectivity index (χ2v) is 7.86. The number of ether oxygens (including phenoxy) is 2. The number of aromatic nitrogens is 1. The van der Waals surface area contributed by atoms with Gasteiger partial charge in [-0.05, 0) is 93.1 Å². The Morgan fingerprint density at radius 1 is 1.03 bits per heavy atom. The summed E-state index contributed by atoms with van der Waals surface area (Å²) in [4.78, 5) is 12.3. The highest BCUT2D eigenvalue weighted by atomic mass is 16.5. The number of aryl methyl sites for hydroxylation is 2. The summed E-state index contributed by atoms with van der Waals surface area (Å²) < 4.78 is 18.9. The van der Waals surface area contributed by atoms with Gasteiger partial charge in [0.25, 0.3) is 0 Å². The van der Waals surface area contributed by atoms with Gasteiger partial charge < -0.3 is 23.6 Å². The average Bonchev–Trinajstić information content (AvgIpc) is 3.46. The number of furan rings is 1. The molecule has 8 heteroatoms. The number of nitrogens with one attached hydrogen (secondary N) is 1. The Bertz CT molecular complexity index is 1320. The molecule has 180 valence electrons. The van der Waals surface area contributed by atoms with E-state index in [1.54, 1.807) is 24.3 Å². The quantitative estimate of drug-likeness (QED) is 0.259. The van der Waals surface area contributed by atoms with Crippen molar-refractivity contribution in [2.45, 2.75) is 27.4 Å². The molecule has 0 spiro atoms. The third kappa shape index (κ3) is 5.73. The number of rotatable bonds is 9. The Hall–Kier alpha value is -4.46. The molecule has 0 aliphatic carbocycles. The van der Waals surface area contributed by atoms with Gasteiger partial charge in [-0.3, -0.25) is 4.79 Å². The van der Waals surface area contributed by atoms with Crippen LogP contribution in [0.2, 0.25) is 0 Å². The van der Waals surface area contributed by atoms with Gasteiger partial charge in [-0.1, -0.05) is 0 Å². The summed E-state index contributed by atoms with van der Waals surface area (Å²) in [5.74, 6) is 1.24. The molecular formula is C27H27N3O5. The topological polar surface area (TPSA) is 98.2 Å². The Kier molecular flexibility index (Phi) is 7.21. The second-order valence-electron chi connectivity index (χ2n) is 7.86. The molecule has 4 rings (SSSR count). The summed E-state index contributed by atoms with van der Waals surface area (Å²) in [6.07, 6.45) is 1.45. The van der Waals surface area contributed by atoms with Gasteiger partial charge in [0.1, 0.15) is 18.1 Å². The Labute approximate surface area is 203 Å². The third-order valence-electron chi connectivity index (χ3n) is 5.30. The molecule has 0 radical (unpaired) electrons. The van der Waals surface area contributed by atoms with Crippen molar-refractivity contribution in [3.05, 3.63) is 95.2 Å². The maximum absolute atomic E-state index is 12.3. The molecule has 2 heterocycles. The van der Waals surface area contributed by atoms with Crippen LogP contribution in [0, 0.1) is 13.8 Å². The van der Waals surface area contributed by atoms with E-state index in [-0.39, 0.29) is 18.1 Å². The van der Waals surface area contributed by atoms with E-state index in [0.717, 1.165) is 5.69 Å². The van der Waals surface area contributed by atoms with Crippen LogP contribution in [-0.2, 0) is 6.61 Å². The Morgan fingerprint density at radius 2 is 1.77 bits per heavy atom. The predicted octanol–water partition coefficient (Wildman–Crippen LogP) is 5.13. The lowest BCUT2D eigenvalue weighted by molar-refractivity contribution is 0.0923. The maximum atomic E-state index is 12.3. The van der Waals surface area contributed by atoms with Crippen LogP contribution in [0.1, 0.15) is 40.2 Å². The molecule has 0 unspecified atom stereocenters. The lowest BCUT2D eigenvalue weighted by Gasteiger charge is -2.10. The van der Waals surface area contributed by atoms with Gasteiger partial charge in [-0.25, -0.2) is 5.43 Å². The van der Waals surface area contributed by atoms with Gasteiger partial charge in [0.05, 0.1) is 12.8 Å². The Balaban J connectivity index is 1.31. The van der Waals surface area contributed by atoms with E-state index in [4.69, 9.17) is 13.9 Å². The number of phenolic OH excluding ortho intramolecular Hbond substituents is 1. The van der Waals surface area contributed by atoms with Gasteiger partial charge in [0, 0.05) is 17.1 Å². The molecule has 2 aromatic carbocycles. The molecule has 1 amide bonds. The fourth-order valence-electron chi connectivity index (χ4n) is 3.60. The van der Waals surface area contributed by atoms with Crippen LogP contribution in [0.25, 0.3) is 5.69 Å². The monoisotopic (exact) mass is 473 g/mol. The number of aromatic hydroxyl groups is 1. The summed E-state index contributed by atoms with van der Waals surface area (Å²) in [6, 6.07) is 20.0. The number of nitrogens with zero attached hydrogens (tertiary/aromatic N) is 2. The summed E-state index contributed by atoms with van der Waals surface area (Å²) in [5.41, 5.74) is 6.48. The van der Waals surface area contributed by atoms with Gasteiger partial charge in [-0.15, -0.1) is 0 Å². The Morgan fingerprint density at radius 3 is 2.49 bits per heavy atom. The first-order valence-corrected chi connectivity index (χ1v) is 11.2. The van der Waals surface area contributed by atoms with E-state index in [2.05, 4.69) is 41.1 Å². The van der Waals surface area contributed by atoms with Crippen LogP contribution in [-0.4, -0.2) is 28.4 Å². The van der Waals surface area contributed by atoms with Crippen molar-refractivity contribution in [1.82, 2.24) is 9.99 Å². The minimum atomic E-state index is -0.488. The SMILES string of the molecule is CCOc1cc(C=NNC(=O)c2ccc(COc3ccc(-n4c(C)ccc4C)cc3)o2)ccc1O. The van der Waals surface area contributed by atoms with Crippen LogP contribution in [0.5, 0.6) is 17.2 Å². The van der Waals surface area contributed by atoms with Crippen LogP contribution >= 0.6 is 0 Å². The van der Waals surface area contributed by atoms with E-state index in [1.807, 2.05) is 31.2 Å². The molecule has 0 saturated carbocycles. The number of benzene rings is 2. The number of hydrogen-bond acceptors (Lipinski definition) is 6. The number of hydrogen-bond donors (Lipinski definition) is 2. The maximum Gasteiger partial charge on any atom is 0.307 e. The van der Waals surface area contributed by atoms with Gasteiger partial charge in [0.2, 0.25) is 0 Å². The standard InChI is InChI=1S/C27H27N3O5/c1-4-33-26-15-20(7-13-24(26)31)16-28-29-27(32)25-14-12-23(35-25)17-34-22-10-8-21(9-11-22)30-18(2)5-6-19(30)3/h5-16,31H,4,17H2,1-3H3,(H,29,32). The molecule has 2 aromatic heterocycles. The predicted molar refractivity (Wildman–Crippen MR) is 133 cm³/mol. The fraction of sp³-hybridized carbons (Fsp3) is 0.185. The zero-order chi connectivity index (χ0) is 24.8. The first-order chi connectivity index (χ1) is 16.9. The molecule has 4 aromatic rings. The van der Waals surface area contributed by atoms with Gasteiger partial charge in [0.15, 0.2) is 17.3 Å². The van der Waals surface area contributed by atoms with Crippen molar-refractivity contribution in [1.29, 1.82) is 0 Å². The van der Waals surface area contributed by atoms with Crippen LogP contribution in [0.15, 0.2) is 76.2 Å². The highest BCUT2D eigenvalue weighted by Crippen LogP contribution is 2.26. The lowest BCUT2D eigenvalue weighted by Crippen LogP contribution is -2.16. The molecular weight excluding hydrogens is 446 g/mol. The number of carbonyl (C=O) groups excluding carboxylic acids is 1. The first-order valence-electron chi connectivity index (χ1n) is 11.2. The summed E-state index contributed by atoms with van der Waals surface area (Å²) in [6.45, 7) is 6.57. The van der Waals surface area contributed by atoms with E-state index < -0.39 is 5.91 Å². The van der Waals surface area contributed by atoms with E-state index in [9.17, 15) is 9.90 Å². The van der Waals surface area contributed by atoms with Crippen molar-refractivity contribution in [3.8, 4) is 22.9 Å². The second kappa shape index (κ2) is 10.6. The van der Waals surface area contributed by atoms with Crippen molar-refractivity contribution >= 4 is 12.1 Å². The van der Waals surface area contributed by atoms with Crippen LogP contribution < -0.4 is 14.9 Å². The normalized spacial score (nSPS) is 11.1. The molecule has 0 atom stereocenters. The highest BCUT2D eigenvalue weighted by Gasteiger charge is 2.11. The largest absolute Gasteiger partial charge is 0.504 e. The average molecular weight is 474 g/mol. The number of hydrazone groups is 1. The molecule has 0 bridgehead atoms. The smallest absolute Gasteiger partial charge is 0.307 e. The summed E-state index contributed by atoms with van der Waals surface area (Å²) in [7, 11) is 0. The minimum absolute atomic E-state index is 0.0420. The van der Waals surface area contributed by atoms with E-state index in [1.165, 1.54) is 23.7 Å². The molecule has 0 aliphatic heterocycles. The van der Waals surface area contributed by atoms with Crippen molar-refractivity contribution < 1.29 is 23.8 Å². The van der Waals surface area contributed by atoms with Crippen LogP contribution in [0.3, 0.4) is 0 Å². The molecule has 8 nitrogen and oxygen atoms in total. The first kappa shape index (κ1) is 23.7. The zero-order valence-electron chi connectivity index (χ0n) is 19.8. The van der Waals surface area contributed by atoms with Crippen molar-refractivity contribution in [3.63, 3.8) is 0 Å². The molecule has 35 heavy (non-hydrogen) atoms. The number of carbonyl (C=O) groups is 1. The molecule has 0 saturated heterocycles. The molecule has 0 aliphatic rings. The lowest BCUT2D eigenvalue weighted by atomic mass is 10.2. The minimum Gasteiger partial charge on any atom is -0.504 e. The number of phenols is 1. The van der Waals surface area contributed by atoms with Crippen molar-refractivity contribution in [2.24, 2.45) is 5.10 Å². The summed E-state index contributed by atoms with van der Waals surface area (Å²) >= 11 is 0. The third-order valence-corrected chi connectivity index (χ3v) is 5.30. The molecule has 2 N–H and O–H groups in total. The van der Waals surface area contributed by atoms with E-state index >= 15 is 0 Å². The number of amides is 1. The van der Waals surface area contributed by atoms with Crippen LogP contribution in [0.4, 0.5) is 0 Å². The van der Waals surface area contributed by atoms with Gasteiger partial charge in [-0.2, -0.15) is 5.10 Å². The zero-order valence-corrected chi connectivity index (χ0v) is 19.8. The summed E-state index contributed by atoms with van der Waals surface area (Å²) in [5, 5.41) is 13.7. The van der Waals surface area contributed by atoms with E-state index in [0.29, 0.717) is 29.4 Å². The van der Waals surface area contributed by atoms with Gasteiger partial charge >= 0.3 is 5.91 Å². The highest BCUT2D eigenvalue weighted by molar-refractivity contribution is 5.92.